The van der Waals surface area contributed by atoms with Crippen LogP contribution in [0.15, 0.2) is 48.7 Å². The number of carbonyl (C=O) groups is 2. The Morgan fingerprint density at radius 3 is 2.20 bits per heavy atom. The van der Waals surface area contributed by atoms with Crippen LogP contribution in [0, 0.1) is 5.82 Å². The van der Waals surface area contributed by atoms with Crippen molar-refractivity contribution in [2.24, 2.45) is 0 Å². The van der Waals surface area contributed by atoms with Gasteiger partial charge in [0.15, 0.2) is 5.69 Å². The van der Waals surface area contributed by atoms with Gasteiger partial charge in [-0.3, -0.25) is 4.79 Å². The molecule has 1 aliphatic heterocycles. The Morgan fingerprint density at radius 2 is 1.63 bits per heavy atom. The summed E-state index contributed by atoms with van der Waals surface area (Å²) >= 11 is 0. The maximum absolute atomic E-state index is 13.5. The van der Waals surface area contributed by atoms with Crippen LogP contribution in [0.25, 0.3) is 16.9 Å². The Labute approximate surface area is 203 Å². The number of amides is 2. The molecule has 0 unspecified atom stereocenters. The molecule has 35 heavy (non-hydrogen) atoms. The Kier molecular flexibility index (Phi) is 6.72. The van der Waals surface area contributed by atoms with Gasteiger partial charge < -0.3 is 19.3 Å². The van der Waals surface area contributed by atoms with Crippen LogP contribution in [-0.2, 0) is 4.74 Å². The molecule has 10 heteroatoms. The fourth-order valence-electron chi connectivity index (χ4n) is 3.71. The van der Waals surface area contributed by atoms with E-state index in [1.807, 2.05) is 20.8 Å². The van der Waals surface area contributed by atoms with Gasteiger partial charge in [0.1, 0.15) is 11.4 Å². The van der Waals surface area contributed by atoms with E-state index in [0.29, 0.717) is 49.0 Å². The molecule has 3 heterocycles. The third-order valence-electron chi connectivity index (χ3n) is 5.46. The number of hydrogen-bond donors (Lipinski definition) is 0. The van der Waals surface area contributed by atoms with Crippen molar-refractivity contribution in [3.63, 3.8) is 0 Å². The minimum absolute atomic E-state index is 0.242. The topological polar surface area (TPSA) is 89.8 Å². The minimum atomic E-state index is -0.579. The predicted molar refractivity (Wildman–Crippen MR) is 127 cm³/mol. The Bertz CT molecular complexity index is 1190. The normalized spacial score (nSPS) is 14.1. The smallest absolute Gasteiger partial charge is 0.410 e. The average molecular weight is 482 g/mol. The van der Waals surface area contributed by atoms with Gasteiger partial charge in [0.25, 0.3) is 5.91 Å². The van der Waals surface area contributed by atoms with Crippen molar-refractivity contribution < 1.29 is 23.5 Å². The third kappa shape index (κ3) is 5.59. The molecule has 0 atom stereocenters. The van der Waals surface area contributed by atoms with Crippen LogP contribution in [0.1, 0.15) is 31.3 Å². The van der Waals surface area contributed by atoms with E-state index in [1.54, 1.807) is 51.0 Å². The van der Waals surface area contributed by atoms with Gasteiger partial charge in [-0.1, -0.05) is 0 Å². The molecule has 0 N–H and O–H groups in total. The van der Waals surface area contributed by atoms with Crippen LogP contribution < -0.4 is 4.74 Å². The maximum Gasteiger partial charge on any atom is 0.410 e. The number of pyridine rings is 1. The van der Waals surface area contributed by atoms with E-state index in [1.165, 1.54) is 19.2 Å². The molecule has 0 spiro atoms. The Balaban J connectivity index is 1.57. The van der Waals surface area contributed by atoms with Crippen molar-refractivity contribution in [1.82, 2.24) is 24.6 Å². The summed E-state index contributed by atoms with van der Waals surface area (Å²) in [6, 6.07) is 11.1. The highest BCUT2D eigenvalue weighted by Crippen LogP contribution is 2.26. The van der Waals surface area contributed by atoms with Gasteiger partial charge >= 0.3 is 6.09 Å². The summed E-state index contributed by atoms with van der Waals surface area (Å²) in [5.41, 5.74) is 1.60. The first-order valence-electron chi connectivity index (χ1n) is 11.3. The van der Waals surface area contributed by atoms with Crippen LogP contribution in [0.3, 0.4) is 0 Å². The zero-order valence-corrected chi connectivity index (χ0v) is 20.2. The molecule has 3 aromatic rings. The van der Waals surface area contributed by atoms with E-state index >= 15 is 0 Å². The lowest BCUT2D eigenvalue weighted by Crippen LogP contribution is -2.51. The van der Waals surface area contributed by atoms with Crippen molar-refractivity contribution in [2.75, 3.05) is 33.3 Å². The summed E-state index contributed by atoms with van der Waals surface area (Å²) < 4.78 is 25.7. The molecular formula is C25H28FN5O4. The number of benzene rings is 1. The highest BCUT2D eigenvalue weighted by molar-refractivity contribution is 5.94. The minimum Gasteiger partial charge on any atom is -0.481 e. The van der Waals surface area contributed by atoms with Crippen LogP contribution in [-0.4, -0.2) is 75.5 Å². The van der Waals surface area contributed by atoms with E-state index in [0.717, 1.165) is 0 Å². The van der Waals surface area contributed by atoms with Gasteiger partial charge in [-0.25, -0.2) is 18.9 Å². The molecular weight excluding hydrogens is 453 g/mol. The largest absolute Gasteiger partial charge is 0.481 e. The summed E-state index contributed by atoms with van der Waals surface area (Å²) in [5, 5.41) is 4.56. The fraction of sp³-hybridized carbons (Fsp3) is 0.360. The number of rotatable bonds is 4. The molecule has 184 valence electrons. The first-order valence-corrected chi connectivity index (χ1v) is 11.3. The molecule has 9 nitrogen and oxygen atoms in total. The highest BCUT2D eigenvalue weighted by atomic mass is 19.1. The van der Waals surface area contributed by atoms with Crippen molar-refractivity contribution in [2.45, 2.75) is 26.4 Å². The molecule has 1 aromatic carbocycles. The monoisotopic (exact) mass is 481 g/mol. The molecule has 2 aromatic heterocycles. The predicted octanol–water partition coefficient (Wildman–Crippen LogP) is 3.77. The molecule has 0 aliphatic carbocycles. The molecule has 1 aliphatic rings. The number of nitrogens with zero attached hydrogens (tertiary/aromatic N) is 5. The molecule has 0 saturated carbocycles. The zero-order chi connectivity index (χ0) is 25.2. The number of piperazine rings is 1. The fourth-order valence-corrected chi connectivity index (χ4v) is 3.71. The summed E-state index contributed by atoms with van der Waals surface area (Å²) in [5.74, 6) is -0.161. The third-order valence-corrected chi connectivity index (χ3v) is 5.46. The average Bonchev–Trinajstić information content (AvgIpc) is 3.28. The number of methoxy groups -OCH3 is 1. The first kappa shape index (κ1) is 24.2. The van der Waals surface area contributed by atoms with Crippen molar-refractivity contribution in [3.8, 4) is 22.8 Å². The Morgan fingerprint density at radius 1 is 0.971 bits per heavy atom. The molecule has 4 rings (SSSR count). The quantitative estimate of drug-likeness (QED) is 0.564. The van der Waals surface area contributed by atoms with Gasteiger partial charge in [-0.15, -0.1) is 0 Å². The number of hydrogen-bond acceptors (Lipinski definition) is 6. The summed E-state index contributed by atoms with van der Waals surface area (Å²) in [6.07, 6.45) is 1.20. The summed E-state index contributed by atoms with van der Waals surface area (Å²) in [6.45, 7) is 6.92. The van der Waals surface area contributed by atoms with E-state index in [2.05, 4.69) is 10.1 Å². The van der Waals surface area contributed by atoms with Crippen LogP contribution in [0.4, 0.5) is 9.18 Å². The Hall–Kier alpha value is -3.95. The van der Waals surface area contributed by atoms with Gasteiger partial charge in [0, 0.05) is 37.8 Å². The number of carbonyl (C=O) groups excluding carboxylic acids is 2. The summed E-state index contributed by atoms with van der Waals surface area (Å²) in [4.78, 5) is 33.1. The zero-order valence-electron chi connectivity index (χ0n) is 20.2. The molecule has 2 amide bonds. The van der Waals surface area contributed by atoms with Gasteiger partial charge in [-0.2, -0.15) is 5.10 Å². The van der Waals surface area contributed by atoms with E-state index in [9.17, 15) is 14.0 Å². The van der Waals surface area contributed by atoms with Gasteiger partial charge in [0.05, 0.1) is 24.7 Å². The van der Waals surface area contributed by atoms with Crippen LogP contribution in [0.2, 0.25) is 0 Å². The lowest BCUT2D eigenvalue weighted by Gasteiger charge is -2.35. The number of halogens is 1. The number of aromatic nitrogens is 3. The van der Waals surface area contributed by atoms with E-state index in [-0.39, 0.29) is 23.5 Å². The lowest BCUT2D eigenvalue weighted by atomic mass is 10.1. The molecule has 0 bridgehead atoms. The van der Waals surface area contributed by atoms with Crippen molar-refractivity contribution >= 4 is 12.0 Å². The first-order chi connectivity index (χ1) is 16.6. The summed E-state index contributed by atoms with van der Waals surface area (Å²) in [7, 11) is 1.53. The van der Waals surface area contributed by atoms with E-state index in [4.69, 9.17) is 9.47 Å². The van der Waals surface area contributed by atoms with Gasteiger partial charge in [-0.05, 0) is 57.2 Å². The maximum atomic E-state index is 13.5. The standard InChI is InChI=1S/C25H28FN5O4/c1-25(2,3)35-24(33)30-13-11-29(12-14-30)23(32)20-15-21(17-5-7-18(26)8-6-17)31(28-20)19-9-10-22(34-4)27-16-19/h5-10,15-16H,11-14H2,1-4H3. The van der Waals surface area contributed by atoms with Crippen LogP contribution in [0.5, 0.6) is 5.88 Å². The highest BCUT2D eigenvalue weighted by Gasteiger charge is 2.29. The second kappa shape index (κ2) is 9.73. The van der Waals surface area contributed by atoms with Crippen molar-refractivity contribution in [3.05, 3.63) is 60.2 Å². The molecule has 1 saturated heterocycles. The van der Waals surface area contributed by atoms with Gasteiger partial charge in [0.2, 0.25) is 5.88 Å². The lowest BCUT2D eigenvalue weighted by molar-refractivity contribution is 0.0140. The SMILES string of the molecule is COc1ccc(-n2nc(C(=O)N3CCN(C(=O)OC(C)(C)C)CC3)cc2-c2ccc(F)cc2)cn1. The second-order valence-corrected chi connectivity index (χ2v) is 9.15. The molecule has 1 fully saturated rings. The van der Waals surface area contributed by atoms with Crippen LogP contribution >= 0.6 is 0 Å². The van der Waals surface area contributed by atoms with Crippen molar-refractivity contribution in [1.29, 1.82) is 0 Å². The number of ether oxygens (including phenoxy) is 2. The second-order valence-electron chi connectivity index (χ2n) is 9.15. The molecule has 0 radical (unpaired) electrons. The van der Waals surface area contributed by atoms with E-state index < -0.39 is 5.60 Å².